The monoisotopic (exact) mass is 519 g/mol. The average molecular weight is 520 g/mol. The van der Waals surface area contributed by atoms with Gasteiger partial charge in [-0.25, -0.2) is 10.2 Å². The number of likely N-dealkylation sites (N-methyl/N-ethyl adjacent to an activating group) is 2. The van der Waals surface area contributed by atoms with E-state index in [0.29, 0.717) is 6.61 Å². The largest absolute Gasteiger partial charge is 0.490 e. The second-order valence-electron chi connectivity index (χ2n) is 9.57. The fourth-order valence-corrected chi connectivity index (χ4v) is 4.81. The lowest BCUT2D eigenvalue weighted by Gasteiger charge is -2.53. The van der Waals surface area contributed by atoms with Gasteiger partial charge in [-0.1, -0.05) is 30.3 Å². The molecule has 5 rings (SSSR count). The highest BCUT2D eigenvalue weighted by atomic mass is 19.4. The number of alkyl halides is 3. The third kappa shape index (κ3) is 5.06. The number of nitrogens with zero attached hydrogens (tertiary/aromatic N) is 4. The van der Waals surface area contributed by atoms with Crippen LogP contribution in [0.15, 0.2) is 47.6 Å². The van der Waals surface area contributed by atoms with E-state index in [9.17, 15) is 18.0 Å². The number of ether oxygens (including phenoxy) is 1. The number of halogens is 3. The second kappa shape index (κ2) is 9.58. The Bertz CT molecular complexity index is 1230. The van der Waals surface area contributed by atoms with Crippen molar-refractivity contribution in [1.82, 2.24) is 10.3 Å². The van der Waals surface area contributed by atoms with Crippen LogP contribution in [-0.4, -0.2) is 79.3 Å². The van der Waals surface area contributed by atoms with Crippen LogP contribution < -0.4 is 20.0 Å². The summed E-state index contributed by atoms with van der Waals surface area (Å²) in [5, 5.41) is 11.3. The van der Waals surface area contributed by atoms with Gasteiger partial charge >= 0.3 is 12.1 Å². The van der Waals surface area contributed by atoms with Crippen molar-refractivity contribution in [3.05, 3.63) is 42.5 Å². The number of carbonyl (C=O) groups excluding carboxylic acids is 1. The molecule has 0 aromatic heterocycles. The lowest BCUT2D eigenvalue weighted by molar-refractivity contribution is -0.192. The van der Waals surface area contributed by atoms with Gasteiger partial charge in [0.1, 0.15) is 18.4 Å². The van der Waals surface area contributed by atoms with E-state index in [0.717, 1.165) is 47.2 Å². The van der Waals surface area contributed by atoms with Crippen molar-refractivity contribution in [2.75, 3.05) is 43.6 Å². The number of nitrogens with one attached hydrogen (secondary N) is 1. The summed E-state index contributed by atoms with van der Waals surface area (Å²) in [5.41, 5.74) is 6.92. The molecule has 0 unspecified atom stereocenters. The number of hydrazone groups is 1. The molecule has 0 saturated carbocycles. The molecule has 0 spiro atoms. The molecule has 0 radical (unpaired) electrons. The van der Waals surface area contributed by atoms with E-state index < -0.39 is 12.1 Å². The number of rotatable bonds is 3. The molecule has 1 fully saturated rings. The van der Waals surface area contributed by atoms with Gasteiger partial charge in [0.15, 0.2) is 5.84 Å². The summed E-state index contributed by atoms with van der Waals surface area (Å²) in [7, 11) is 4.30. The zero-order valence-corrected chi connectivity index (χ0v) is 20.8. The average Bonchev–Trinajstić information content (AvgIpc) is 2.84. The number of fused-ring (bicyclic) bond motifs is 3. The Balaban J connectivity index is 0.000000405. The molecule has 2 N–H and O–H groups in total. The second-order valence-corrected chi connectivity index (χ2v) is 9.57. The quantitative estimate of drug-likeness (QED) is 0.643. The third-order valence-electron chi connectivity index (χ3n) is 6.75. The number of carboxylic acid groups (broad SMARTS) is 1. The van der Waals surface area contributed by atoms with Crippen LogP contribution in [0.2, 0.25) is 0 Å². The molecule has 2 aromatic carbocycles. The number of amides is 1. The van der Waals surface area contributed by atoms with Crippen LogP contribution in [0, 0.1) is 0 Å². The Kier molecular flexibility index (Phi) is 6.80. The van der Waals surface area contributed by atoms with Crippen molar-refractivity contribution in [3.8, 4) is 16.9 Å². The van der Waals surface area contributed by atoms with E-state index in [1.54, 1.807) is 0 Å². The number of carbonyl (C=O) groups is 2. The van der Waals surface area contributed by atoms with Gasteiger partial charge in [-0.3, -0.25) is 4.79 Å². The Hall–Kier alpha value is -3.80. The third-order valence-corrected chi connectivity index (χ3v) is 6.75. The first-order valence-electron chi connectivity index (χ1n) is 11.6. The minimum Gasteiger partial charge on any atom is -0.483 e. The minimum absolute atomic E-state index is 0.0455. The predicted molar refractivity (Wildman–Crippen MR) is 133 cm³/mol. The maximum atomic E-state index is 12.3. The van der Waals surface area contributed by atoms with E-state index in [1.165, 1.54) is 0 Å². The summed E-state index contributed by atoms with van der Waals surface area (Å²) in [6.45, 7) is 6.53. The number of amidine groups is 1. The maximum Gasteiger partial charge on any atom is 0.490 e. The standard InChI is InChI=1S/C23H27N5O2.C2HF3O2/c1-15-22(29)25-24-21-12-30-20-10-17(16-8-6-5-7-9-16)18(11-19(20)28(15)21)27(4)23(2)13-26(3)14-23;3-2(4,5)1(6)7/h5-11,15H,12-14H2,1-4H3,(H,25,29);(H,6,7)/t15-;/m0./s1. The molecule has 198 valence electrons. The van der Waals surface area contributed by atoms with Gasteiger partial charge in [-0.15, -0.1) is 0 Å². The van der Waals surface area contributed by atoms with Gasteiger partial charge in [0.2, 0.25) is 0 Å². The number of likely N-dealkylation sites (tertiary alicyclic amines) is 1. The molecule has 0 aliphatic carbocycles. The summed E-state index contributed by atoms with van der Waals surface area (Å²) < 4.78 is 37.8. The minimum atomic E-state index is -5.08. The zero-order valence-electron chi connectivity index (χ0n) is 20.8. The molecule has 1 amide bonds. The molecule has 2 aromatic rings. The molecule has 37 heavy (non-hydrogen) atoms. The first-order chi connectivity index (χ1) is 17.3. The van der Waals surface area contributed by atoms with Crippen molar-refractivity contribution in [2.24, 2.45) is 5.10 Å². The Morgan fingerprint density at radius 2 is 1.86 bits per heavy atom. The lowest BCUT2D eigenvalue weighted by Crippen LogP contribution is -2.66. The molecule has 1 atom stereocenters. The van der Waals surface area contributed by atoms with Crippen molar-refractivity contribution in [2.45, 2.75) is 31.6 Å². The van der Waals surface area contributed by atoms with Crippen LogP contribution in [0.5, 0.6) is 5.75 Å². The number of hydrogen-bond donors (Lipinski definition) is 2. The van der Waals surface area contributed by atoms with Crippen molar-refractivity contribution < 1.29 is 32.6 Å². The van der Waals surface area contributed by atoms with Gasteiger partial charge in [-0.05, 0) is 38.6 Å². The van der Waals surface area contributed by atoms with Gasteiger partial charge in [0, 0.05) is 31.4 Å². The lowest BCUT2D eigenvalue weighted by atomic mass is 9.89. The number of benzene rings is 2. The van der Waals surface area contributed by atoms with Gasteiger partial charge < -0.3 is 24.5 Å². The number of hydrogen-bond acceptors (Lipinski definition) is 7. The summed E-state index contributed by atoms with van der Waals surface area (Å²) in [6, 6.07) is 14.3. The highest BCUT2D eigenvalue weighted by molar-refractivity contribution is 6.10. The molecule has 3 aliphatic rings. The number of carboxylic acids is 1. The Labute approximate surface area is 212 Å². The fourth-order valence-electron chi connectivity index (χ4n) is 4.81. The zero-order chi connectivity index (χ0) is 27.1. The molecular formula is C25H28F3N5O4. The summed E-state index contributed by atoms with van der Waals surface area (Å²) in [6.07, 6.45) is -5.08. The van der Waals surface area contributed by atoms with Crippen LogP contribution in [0.3, 0.4) is 0 Å². The van der Waals surface area contributed by atoms with Crippen LogP contribution in [0.4, 0.5) is 24.5 Å². The number of aliphatic carboxylic acids is 1. The normalized spacial score (nSPS) is 20.1. The van der Waals surface area contributed by atoms with E-state index in [4.69, 9.17) is 14.6 Å². The molecule has 3 aliphatic heterocycles. The van der Waals surface area contributed by atoms with E-state index in [1.807, 2.05) is 17.9 Å². The summed E-state index contributed by atoms with van der Waals surface area (Å²) >= 11 is 0. The molecule has 3 heterocycles. The van der Waals surface area contributed by atoms with E-state index >= 15 is 0 Å². The van der Waals surface area contributed by atoms with Gasteiger partial charge in [0.05, 0.1) is 11.2 Å². The van der Waals surface area contributed by atoms with Crippen LogP contribution in [-0.2, 0) is 9.59 Å². The fraction of sp³-hybridized carbons (Fsp3) is 0.400. The topological polar surface area (TPSA) is 97.7 Å². The highest BCUT2D eigenvalue weighted by Crippen LogP contribution is 2.45. The summed E-state index contributed by atoms with van der Waals surface area (Å²) in [5.74, 6) is -1.36. The first kappa shape index (κ1) is 26.3. The first-order valence-corrected chi connectivity index (χ1v) is 11.6. The maximum absolute atomic E-state index is 12.3. The summed E-state index contributed by atoms with van der Waals surface area (Å²) in [4.78, 5) is 27.9. The predicted octanol–water partition coefficient (Wildman–Crippen LogP) is 3.16. The Morgan fingerprint density at radius 3 is 2.43 bits per heavy atom. The molecule has 9 nitrogen and oxygen atoms in total. The molecule has 1 saturated heterocycles. The Morgan fingerprint density at radius 1 is 1.24 bits per heavy atom. The van der Waals surface area contributed by atoms with Crippen molar-refractivity contribution in [3.63, 3.8) is 0 Å². The molecule has 0 bridgehead atoms. The highest BCUT2D eigenvalue weighted by Gasteiger charge is 2.42. The van der Waals surface area contributed by atoms with Gasteiger partial charge in [0.25, 0.3) is 5.91 Å². The van der Waals surface area contributed by atoms with Gasteiger partial charge in [-0.2, -0.15) is 18.3 Å². The van der Waals surface area contributed by atoms with Crippen molar-refractivity contribution in [1.29, 1.82) is 0 Å². The molecular weight excluding hydrogens is 491 g/mol. The number of anilines is 2. The van der Waals surface area contributed by atoms with Crippen LogP contribution in [0.25, 0.3) is 11.1 Å². The van der Waals surface area contributed by atoms with E-state index in [2.05, 4.69) is 77.7 Å². The van der Waals surface area contributed by atoms with Crippen molar-refractivity contribution >= 4 is 29.1 Å². The van der Waals surface area contributed by atoms with E-state index in [-0.39, 0.29) is 17.5 Å². The van der Waals surface area contributed by atoms with Crippen LogP contribution >= 0.6 is 0 Å². The smallest absolute Gasteiger partial charge is 0.483 e. The molecule has 12 heteroatoms. The SMILES string of the molecule is C[C@H]1C(=O)NN=C2COc3cc(-c4ccccc4)c(N(C)C4(C)CN(C)C4)cc3N21.O=C(O)C(F)(F)F. The van der Waals surface area contributed by atoms with Crippen LogP contribution in [0.1, 0.15) is 13.8 Å².